The minimum Gasteiger partial charge on any atom is -0.494 e. The summed E-state index contributed by atoms with van der Waals surface area (Å²) in [5.74, 6) is 0.0695. The molecule has 7 nitrogen and oxygen atoms in total. The second kappa shape index (κ2) is 23.2. The molecule has 0 bridgehead atoms. The zero-order valence-corrected chi connectivity index (χ0v) is 30.9. The van der Waals surface area contributed by atoms with Crippen molar-refractivity contribution in [3.8, 4) is 5.75 Å². The van der Waals surface area contributed by atoms with Gasteiger partial charge in [-0.15, -0.1) is 11.6 Å². The highest BCUT2D eigenvalue weighted by Crippen LogP contribution is 2.48. The number of hydrogen-bond acceptors (Lipinski definition) is 7. The summed E-state index contributed by atoms with van der Waals surface area (Å²) in [4.78, 5) is 24.5. The van der Waals surface area contributed by atoms with E-state index in [1.165, 1.54) is 51.4 Å². The number of aliphatic hydroxyl groups is 2. The smallest absolute Gasteiger partial charge is 0.338 e. The molecule has 2 aliphatic rings. The van der Waals surface area contributed by atoms with Crippen molar-refractivity contribution in [1.29, 1.82) is 0 Å². The molecule has 0 saturated heterocycles. The van der Waals surface area contributed by atoms with E-state index in [1.54, 1.807) is 24.3 Å². The normalized spacial score (nSPS) is 22.3. The Morgan fingerprint density at radius 3 is 2.29 bits per heavy atom. The number of rotatable bonds is 25. The molecule has 2 fully saturated rings. The number of benzene rings is 1. The number of carbonyl (C=O) groups excluding carboxylic acids is 2. The van der Waals surface area contributed by atoms with Gasteiger partial charge in [-0.1, -0.05) is 89.5 Å². The molecular weight excluding hydrogens is 640 g/mol. The van der Waals surface area contributed by atoms with E-state index in [1.807, 2.05) is 6.08 Å². The van der Waals surface area contributed by atoms with Gasteiger partial charge >= 0.3 is 11.9 Å². The number of unbranched alkanes of at least 4 members (excludes halogenated alkanes) is 8. The highest BCUT2D eigenvalue weighted by Gasteiger charge is 2.42. The van der Waals surface area contributed by atoms with Gasteiger partial charge in [-0.2, -0.15) is 0 Å². The van der Waals surface area contributed by atoms with E-state index >= 15 is 0 Å². The molecule has 2 saturated carbocycles. The summed E-state index contributed by atoms with van der Waals surface area (Å²) in [7, 11) is 0. The van der Waals surface area contributed by atoms with Crippen LogP contribution >= 0.6 is 11.6 Å². The van der Waals surface area contributed by atoms with Gasteiger partial charge in [0.2, 0.25) is 0 Å². The van der Waals surface area contributed by atoms with Crippen molar-refractivity contribution in [3.63, 3.8) is 0 Å². The lowest BCUT2D eigenvalue weighted by Crippen LogP contribution is -2.40. The predicted molar refractivity (Wildman–Crippen MR) is 197 cm³/mol. The number of alkyl halides is 1. The molecular formula is C41H63ClO7. The van der Waals surface area contributed by atoms with E-state index in [4.69, 9.17) is 25.8 Å². The van der Waals surface area contributed by atoms with E-state index < -0.39 is 12.1 Å². The Morgan fingerprint density at radius 2 is 1.61 bits per heavy atom. The van der Waals surface area contributed by atoms with Crippen molar-refractivity contribution >= 4 is 23.5 Å². The van der Waals surface area contributed by atoms with Crippen LogP contribution in [0.2, 0.25) is 0 Å². The van der Waals surface area contributed by atoms with Gasteiger partial charge in [0, 0.05) is 17.7 Å². The van der Waals surface area contributed by atoms with Crippen LogP contribution in [0.5, 0.6) is 5.75 Å². The Morgan fingerprint density at radius 1 is 0.918 bits per heavy atom. The molecule has 0 amide bonds. The van der Waals surface area contributed by atoms with Crippen molar-refractivity contribution in [2.75, 3.05) is 19.8 Å². The Kier molecular flexibility index (Phi) is 19.4. The third-order valence-electron chi connectivity index (χ3n) is 10.6. The molecule has 8 heteroatoms. The largest absolute Gasteiger partial charge is 0.494 e. The average molecular weight is 703 g/mol. The lowest BCUT2D eigenvalue weighted by molar-refractivity contribution is -0.144. The molecule has 1 aromatic carbocycles. The van der Waals surface area contributed by atoms with E-state index in [2.05, 4.69) is 32.1 Å². The molecule has 1 aromatic rings. The molecule has 0 aliphatic heterocycles. The molecule has 3 rings (SSSR count). The van der Waals surface area contributed by atoms with Crippen LogP contribution in [0.15, 0.2) is 48.6 Å². The van der Waals surface area contributed by atoms with Crippen LogP contribution in [-0.2, 0) is 14.3 Å². The fraction of sp³-hybridized carbons (Fsp3) is 0.707. The quantitative estimate of drug-likeness (QED) is 0.0453. The number of carbonyl (C=O) groups is 2. The molecule has 2 N–H and O–H groups in total. The van der Waals surface area contributed by atoms with Crippen LogP contribution in [0.25, 0.3) is 0 Å². The summed E-state index contributed by atoms with van der Waals surface area (Å²) in [6.45, 7) is 5.09. The standard InChI is InChI=1S/C41H63ClO7/c1-3-5-6-7-8-9-12-15-28-47-33-24-22-32(23-25-33)40(46)49-30-29-48-39(45)21-14-11-10-13-18-34-35(37(43)31-36(34)42)19-16-20-38(44)41(4-2)26-17-27-41/h10,13,16,19,22-25,34-38,43-44H,3-9,11-12,14-15,17-18,20-21,26-31H2,1-2H3/b13-10-,19-16+/t34-,35-,36-,37-,38+/m1/s1. The van der Waals surface area contributed by atoms with E-state index in [0.29, 0.717) is 31.4 Å². The zero-order valence-electron chi connectivity index (χ0n) is 30.2. The van der Waals surface area contributed by atoms with Crippen LogP contribution in [0.4, 0.5) is 0 Å². The molecule has 5 atom stereocenters. The fourth-order valence-corrected chi connectivity index (χ4v) is 7.58. The Balaban J connectivity index is 1.22. The first-order chi connectivity index (χ1) is 23.8. The van der Waals surface area contributed by atoms with Crippen molar-refractivity contribution in [2.45, 2.75) is 147 Å². The first kappa shape index (κ1) is 41.1. The van der Waals surface area contributed by atoms with E-state index in [0.717, 1.165) is 44.3 Å². The highest BCUT2D eigenvalue weighted by molar-refractivity contribution is 6.21. The lowest BCUT2D eigenvalue weighted by atomic mass is 9.63. The molecule has 2 aliphatic carbocycles. The minimum absolute atomic E-state index is 0.00204. The van der Waals surface area contributed by atoms with Gasteiger partial charge in [0.15, 0.2) is 0 Å². The minimum atomic E-state index is -0.471. The number of ether oxygens (including phenoxy) is 3. The third-order valence-corrected chi connectivity index (χ3v) is 11.1. The summed E-state index contributed by atoms with van der Waals surface area (Å²) >= 11 is 6.61. The first-order valence-electron chi connectivity index (χ1n) is 19.2. The SMILES string of the molecule is CCCCCCCCCCOc1ccc(C(=O)OCCOC(=O)CCC/C=C\C[C@@H]2[C@@H](/C=C/C[C@H](O)C3(CC)CCC3)[C@H](O)C[C@H]2Cl)cc1. The molecule has 0 radical (unpaired) electrons. The van der Waals surface area contributed by atoms with Crippen LogP contribution in [-0.4, -0.2) is 59.6 Å². The number of esters is 2. The number of allylic oxidation sites excluding steroid dienone is 2. The Hall–Kier alpha value is -2.35. The summed E-state index contributed by atoms with van der Waals surface area (Å²) in [5.41, 5.74) is 0.505. The van der Waals surface area contributed by atoms with Gasteiger partial charge in [0.05, 0.1) is 24.4 Å². The van der Waals surface area contributed by atoms with Crippen molar-refractivity contribution in [1.82, 2.24) is 0 Å². The van der Waals surface area contributed by atoms with Gasteiger partial charge in [-0.25, -0.2) is 4.79 Å². The van der Waals surface area contributed by atoms with E-state index in [9.17, 15) is 19.8 Å². The van der Waals surface area contributed by atoms with Gasteiger partial charge < -0.3 is 24.4 Å². The lowest BCUT2D eigenvalue weighted by Gasteiger charge is -2.45. The molecule has 276 valence electrons. The molecule has 0 unspecified atom stereocenters. The molecule has 0 aromatic heterocycles. The van der Waals surface area contributed by atoms with Gasteiger partial charge in [0.1, 0.15) is 19.0 Å². The van der Waals surface area contributed by atoms with Crippen LogP contribution in [0, 0.1) is 17.3 Å². The maximum Gasteiger partial charge on any atom is 0.338 e. The zero-order chi connectivity index (χ0) is 35.3. The molecule has 0 spiro atoms. The third kappa shape index (κ3) is 14.4. The Labute approximate surface area is 300 Å². The highest BCUT2D eigenvalue weighted by atomic mass is 35.5. The summed E-state index contributed by atoms with van der Waals surface area (Å²) < 4.78 is 16.3. The first-order valence-corrected chi connectivity index (χ1v) is 19.6. The van der Waals surface area contributed by atoms with Crippen molar-refractivity contribution in [3.05, 3.63) is 54.1 Å². The molecule has 0 heterocycles. The van der Waals surface area contributed by atoms with E-state index in [-0.39, 0.29) is 54.3 Å². The van der Waals surface area contributed by atoms with Gasteiger partial charge in [-0.3, -0.25) is 4.79 Å². The summed E-state index contributed by atoms with van der Waals surface area (Å²) in [5, 5.41) is 21.2. The molecule has 49 heavy (non-hydrogen) atoms. The second-order valence-corrected chi connectivity index (χ2v) is 14.7. The van der Waals surface area contributed by atoms with Gasteiger partial charge in [0.25, 0.3) is 0 Å². The van der Waals surface area contributed by atoms with Crippen molar-refractivity contribution < 1.29 is 34.0 Å². The Bertz CT molecular complexity index is 1120. The average Bonchev–Trinajstić information content (AvgIpc) is 3.34. The topological polar surface area (TPSA) is 102 Å². The number of hydrogen-bond donors (Lipinski definition) is 2. The maximum absolute atomic E-state index is 12.3. The fourth-order valence-electron chi connectivity index (χ4n) is 7.13. The van der Waals surface area contributed by atoms with Crippen LogP contribution in [0.1, 0.15) is 140 Å². The van der Waals surface area contributed by atoms with Crippen molar-refractivity contribution in [2.24, 2.45) is 17.3 Å². The monoisotopic (exact) mass is 702 g/mol. The summed E-state index contributed by atoms with van der Waals surface area (Å²) in [6, 6.07) is 6.93. The number of halogens is 1. The second-order valence-electron chi connectivity index (χ2n) is 14.1. The summed E-state index contributed by atoms with van der Waals surface area (Å²) in [6.07, 6.45) is 25.5. The number of aliphatic hydroxyl groups excluding tert-OH is 2. The van der Waals surface area contributed by atoms with Crippen LogP contribution < -0.4 is 4.74 Å². The van der Waals surface area contributed by atoms with Crippen LogP contribution in [0.3, 0.4) is 0 Å². The van der Waals surface area contributed by atoms with Gasteiger partial charge in [-0.05, 0) is 93.4 Å². The predicted octanol–water partition coefficient (Wildman–Crippen LogP) is 9.51. The maximum atomic E-state index is 12.3.